The average molecular weight is 340 g/mol. The summed E-state index contributed by atoms with van der Waals surface area (Å²) in [7, 11) is 6.13. The van der Waals surface area contributed by atoms with Crippen LogP contribution in [0.2, 0.25) is 0 Å². The van der Waals surface area contributed by atoms with Gasteiger partial charge in [0, 0.05) is 44.3 Å². The number of anilines is 1. The van der Waals surface area contributed by atoms with Crippen molar-refractivity contribution in [2.45, 2.75) is 0 Å². The van der Waals surface area contributed by atoms with Gasteiger partial charge in [-0.25, -0.2) is 9.97 Å². The molecule has 3 heterocycles. The topological polar surface area (TPSA) is 58.0 Å². The zero-order valence-electron chi connectivity index (χ0n) is 14.0. The Kier molecular flexibility index (Phi) is 5.12. The predicted octanol–water partition coefficient (Wildman–Crippen LogP) is 2.66. The summed E-state index contributed by atoms with van der Waals surface area (Å²) in [5.41, 5.74) is 2.57. The van der Waals surface area contributed by atoms with Gasteiger partial charge in [0.05, 0.1) is 22.5 Å². The van der Waals surface area contributed by atoms with Gasteiger partial charge in [-0.2, -0.15) is 0 Å². The Morgan fingerprint density at radius 1 is 1.04 bits per heavy atom. The smallest absolute Gasteiger partial charge is 0.225 e. The van der Waals surface area contributed by atoms with Crippen LogP contribution in [0.3, 0.4) is 0 Å². The molecule has 3 aromatic heterocycles. The maximum absolute atomic E-state index is 4.81. The van der Waals surface area contributed by atoms with Crippen LogP contribution in [-0.2, 0) is 0 Å². The van der Waals surface area contributed by atoms with Crippen molar-refractivity contribution in [3.63, 3.8) is 0 Å². The van der Waals surface area contributed by atoms with Crippen LogP contribution < -0.4 is 4.90 Å². The Balaban J connectivity index is 1.99. The third-order valence-corrected chi connectivity index (χ3v) is 4.47. The van der Waals surface area contributed by atoms with E-state index in [0.717, 1.165) is 34.9 Å². The Hall–Kier alpha value is -2.38. The van der Waals surface area contributed by atoms with Gasteiger partial charge >= 0.3 is 0 Å². The lowest BCUT2D eigenvalue weighted by Gasteiger charge is -2.20. The number of nitrogens with zero attached hydrogens (tertiary/aromatic N) is 6. The Bertz CT molecular complexity index is 773. The summed E-state index contributed by atoms with van der Waals surface area (Å²) >= 11 is 1.66. The van der Waals surface area contributed by atoms with E-state index in [2.05, 4.69) is 44.9 Å². The van der Waals surface area contributed by atoms with E-state index in [0.29, 0.717) is 5.95 Å². The fourth-order valence-electron chi connectivity index (χ4n) is 2.23. The molecule has 3 aromatic rings. The van der Waals surface area contributed by atoms with Crippen LogP contribution in [0.1, 0.15) is 0 Å². The standard InChI is InChI=1S/C17H20N6S/c1-22(2)8-9-23(3)17-20-11-13(14-12-18-6-7-19-14)16(21-17)15-5-4-10-24-15/h4-7,10-12H,8-9H2,1-3H3. The molecule has 0 atom stereocenters. The maximum Gasteiger partial charge on any atom is 0.225 e. The highest BCUT2D eigenvalue weighted by Gasteiger charge is 2.15. The largest absolute Gasteiger partial charge is 0.343 e. The normalized spacial score (nSPS) is 11.0. The molecule has 0 unspecified atom stereocenters. The van der Waals surface area contributed by atoms with E-state index in [-0.39, 0.29) is 0 Å². The molecule has 0 saturated heterocycles. The molecule has 0 amide bonds. The first-order valence-corrected chi connectivity index (χ1v) is 8.56. The van der Waals surface area contributed by atoms with Gasteiger partial charge in [0.25, 0.3) is 0 Å². The van der Waals surface area contributed by atoms with E-state index in [1.807, 2.05) is 24.7 Å². The average Bonchev–Trinajstić information content (AvgIpc) is 3.14. The van der Waals surface area contributed by atoms with Crippen molar-refractivity contribution >= 4 is 17.3 Å². The first-order valence-electron chi connectivity index (χ1n) is 7.68. The minimum absolute atomic E-state index is 0.716. The summed E-state index contributed by atoms with van der Waals surface area (Å²) in [4.78, 5) is 23.2. The first-order chi connectivity index (χ1) is 11.6. The highest BCUT2D eigenvalue weighted by atomic mass is 32.1. The molecule has 0 N–H and O–H groups in total. The molecule has 0 aliphatic heterocycles. The Morgan fingerprint density at radius 2 is 1.92 bits per heavy atom. The molecule has 24 heavy (non-hydrogen) atoms. The van der Waals surface area contributed by atoms with Crippen molar-refractivity contribution in [2.75, 3.05) is 39.1 Å². The lowest BCUT2D eigenvalue weighted by Crippen LogP contribution is -2.29. The minimum atomic E-state index is 0.716. The summed E-state index contributed by atoms with van der Waals surface area (Å²) in [6.45, 7) is 1.81. The fraction of sp³-hybridized carbons (Fsp3) is 0.294. The van der Waals surface area contributed by atoms with Crippen molar-refractivity contribution in [2.24, 2.45) is 0 Å². The van der Waals surface area contributed by atoms with Gasteiger partial charge in [0.1, 0.15) is 0 Å². The lowest BCUT2D eigenvalue weighted by atomic mass is 10.1. The highest BCUT2D eigenvalue weighted by Crippen LogP contribution is 2.32. The van der Waals surface area contributed by atoms with E-state index in [9.17, 15) is 0 Å². The van der Waals surface area contributed by atoms with E-state index in [1.54, 1.807) is 29.9 Å². The number of rotatable bonds is 6. The van der Waals surface area contributed by atoms with Crippen LogP contribution in [0.25, 0.3) is 21.8 Å². The Labute approximate surface area is 145 Å². The van der Waals surface area contributed by atoms with Crippen molar-refractivity contribution in [1.29, 1.82) is 0 Å². The molecule has 7 heteroatoms. The third-order valence-electron chi connectivity index (χ3n) is 3.59. The van der Waals surface area contributed by atoms with Crippen molar-refractivity contribution in [1.82, 2.24) is 24.8 Å². The van der Waals surface area contributed by atoms with E-state index in [1.165, 1.54) is 0 Å². The number of hydrogen-bond donors (Lipinski definition) is 0. The summed E-state index contributed by atoms with van der Waals surface area (Å²) < 4.78 is 0. The van der Waals surface area contributed by atoms with Gasteiger partial charge in [-0.05, 0) is 25.5 Å². The molecule has 6 nitrogen and oxygen atoms in total. The van der Waals surface area contributed by atoms with Crippen LogP contribution in [0, 0.1) is 0 Å². The lowest BCUT2D eigenvalue weighted by molar-refractivity contribution is 0.415. The number of thiophene rings is 1. The molecule has 0 aromatic carbocycles. The SMILES string of the molecule is CN(C)CCN(C)c1ncc(-c2cnccn2)c(-c2cccs2)n1. The summed E-state index contributed by atoms with van der Waals surface area (Å²) in [5.74, 6) is 0.716. The summed E-state index contributed by atoms with van der Waals surface area (Å²) in [5, 5.41) is 2.05. The highest BCUT2D eigenvalue weighted by molar-refractivity contribution is 7.13. The van der Waals surface area contributed by atoms with Gasteiger partial charge in [0.2, 0.25) is 5.95 Å². The molecule has 0 radical (unpaired) electrons. The second kappa shape index (κ2) is 7.46. The molecule has 0 aliphatic rings. The molecule has 0 bridgehead atoms. The first kappa shape index (κ1) is 16.5. The molecule has 0 saturated carbocycles. The second-order valence-corrected chi connectivity index (χ2v) is 6.67. The number of likely N-dealkylation sites (N-methyl/N-ethyl adjacent to an activating group) is 2. The van der Waals surface area contributed by atoms with Gasteiger partial charge in [-0.1, -0.05) is 6.07 Å². The van der Waals surface area contributed by atoms with Crippen LogP contribution in [-0.4, -0.2) is 59.1 Å². The fourth-order valence-corrected chi connectivity index (χ4v) is 2.96. The zero-order chi connectivity index (χ0) is 16.9. The molecule has 0 aliphatic carbocycles. The van der Waals surface area contributed by atoms with E-state index >= 15 is 0 Å². The van der Waals surface area contributed by atoms with Crippen LogP contribution in [0.15, 0.2) is 42.3 Å². The number of hydrogen-bond acceptors (Lipinski definition) is 7. The summed E-state index contributed by atoms with van der Waals surface area (Å²) in [6, 6.07) is 4.09. The quantitative estimate of drug-likeness (QED) is 0.687. The Morgan fingerprint density at radius 3 is 2.58 bits per heavy atom. The van der Waals surface area contributed by atoms with Gasteiger partial charge in [-0.3, -0.25) is 9.97 Å². The van der Waals surface area contributed by atoms with Gasteiger partial charge in [-0.15, -0.1) is 11.3 Å². The zero-order valence-corrected chi connectivity index (χ0v) is 14.9. The van der Waals surface area contributed by atoms with Gasteiger partial charge in [0.15, 0.2) is 0 Å². The van der Waals surface area contributed by atoms with E-state index in [4.69, 9.17) is 4.98 Å². The van der Waals surface area contributed by atoms with Crippen LogP contribution in [0.5, 0.6) is 0 Å². The van der Waals surface area contributed by atoms with Crippen molar-refractivity contribution in [3.05, 3.63) is 42.3 Å². The van der Waals surface area contributed by atoms with Gasteiger partial charge < -0.3 is 9.80 Å². The molecule has 0 spiro atoms. The second-order valence-electron chi connectivity index (χ2n) is 5.73. The summed E-state index contributed by atoms with van der Waals surface area (Å²) in [6.07, 6.45) is 6.93. The van der Waals surface area contributed by atoms with Crippen LogP contribution >= 0.6 is 11.3 Å². The van der Waals surface area contributed by atoms with Crippen molar-refractivity contribution in [3.8, 4) is 21.8 Å². The molecule has 124 valence electrons. The van der Waals surface area contributed by atoms with E-state index < -0.39 is 0 Å². The molecular weight excluding hydrogens is 320 g/mol. The molecule has 3 rings (SSSR count). The maximum atomic E-state index is 4.81. The number of aromatic nitrogens is 4. The minimum Gasteiger partial charge on any atom is -0.343 e. The predicted molar refractivity (Wildman–Crippen MR) is 98.2 cm³/mol. The van der Waals surface area contributed by atoms with Crippen LogP contribution in [0.4, 0.5) is 5.95 Å². The third kappa shape index (κ3) is 3.74. The monoisotopic (exact) mass is 340 g/mol. The molecular formula is C17H20N6S. The van der Waals surface area contributed by atoms with Crippen molar-refractivity contribution < 1.29 is 0 Å². The molecule has 0 fully saturated rings.